The van der Waals surface area contributed by atoms with Crippen molar-refractivity contribution in [3.05, 3.63) is 71.8 Å². The summed E-state index contributed by atoms with van der Waals surface area (Å²) in [7, 11) is 3.87. The van der Waals surface area contributed by atoms with Crippen LogP contribution < -0.4 is 0 Å². The lowest BCUT2D eigenvalue weighted by Crippen LogP contribution is -2.08. The van der Waals surface area contributed by atoms with E-state index in [2.05, 4.69) is 60.7 Å². The highest BCUT2D eigenvalue weighted by atomic mass is 33.1. The average molecular weight is 459 g/mol. The lowest BCUT2D eigenvalue weighted by atomic mass is 10.2. The molecule has 2 aromatic carbocycles. The first kappa shape index (κ1) is 22.8. The van der Waals surface area contributed by atoms with Crippen LogP contribution in [0.25, 0.3) is 0 Å². The summed E-state index contributed by atoms with van der Waals surface area (Å²) in [5.74, 6) is 6.53. The van der Waals surface area contributed by atoms with E-state index in [0.717, 1.165) is 34.5 Å². The number of benzene rings is 2. The summed E-state index contributed by atoms with van der Waals surface area (Å²) >= 11 is 13.4. The van der Waals surface area contributed by atoms with Gasteiger partial charge in [-0.25, -0.2) is 0 Å². The van der Waals surface area contributed by atoms with Crippen LogP contribution in [-0.4, -0.2) is 33.5 Å². The van der Waals surface area contributed by atoms with Crippen LogP contribution in [0, 0.1) is 0 Å². The quantitative estimate of drug-likeness (QED) is 0.192. The van der Waals surface area contributed by atoms with Crippen LogP contribution in [0.15, 0.2) is 60.7 Å². The predicted molar refractivity (Wildman–Crippen MR) is 136 cm³/mol. The van der Waals surface area contributed by atoms with Gasteiger partial charge >= 0.3 is 0 Å². The molecule has 26 heavy (non-hydrogen) atoms. The van der Waals surface area contributed by atoms with Crippen LogP contribution in [0.1, 0.15) is 11.1 Å². The van der Waals surface area contributed by atoms with Gasteiger partial charge in [-0.05, 0) is 11.1 Å². The van der Waals surface area contributed by atoms with Crippen molar-refractivity contribution in [2.75, 3.05) is 23.0 Å². The van der Waals surface area contributed by atoms with E-state index in [0.29, 0.717) is 10.5 Å². The molecular weight excluding hydrogens is 433 g/mol. The van der Waals surface area contributed by atoms with E-state index in [1.165, 1.54) is 11.1 Å². The maximum atomic E-state index is 4.72. The largest absolute Gasteiger partial charge is 0.174 e. The van der Waals surface area contributed by atoms with Crippen LogP contribution in [0.4, 0.5) is 0 Å². The molecule has 0 bridgehead atoms. The zero-order valence-electron chi connectivity index (χ0n) is 14.7. The second-order valence-corrected chi connectivity index (χ2v) is 12.0. The lowest BCUT2D eigenvalue weighted by Gasteiger charge is -2.12. The Labute approximate surface area is 186 Å². The van der Waals surface area contributed by atoms with E-state index in [4.69, 9.17) is 25.3 Å². The van der Waals surface area contributed by atoms with Crippen molar-refractivity contribution in [1.29, 1.82) is 0 Å². The van der Waals surface area contributed by atoms with Gasteiger partial charge in [0.15, 0.2) is 0 Å². The summed E-state index contributed by atoms with van der Waals surface area (Å²) in [5, 5.41) is 0.902. The zero-order valence-corrected chi connectivity index (χ0v) is 19.8. The summed E-state index contributed by atoms with van der Waals surface area (Å²) < 4.78 is 0. The molecule has 0 aliphatic carbocycles. The normalized spacial score (nSPS) is 13.5. The van der Waals surface area contributed by atoms with E-state index in [1.54, 1.807) is 0 Å². The summed E-state index contributed by atoms with van der Waals surface area (Å²) in [5.41, 5.74) is 2.79. The second-order valence-electron chi connectivity index (χ2n) is 5.88. The van der Waals surface area contributed by atoms with Crippen molar-refractivity contribution in [3.8, 4) is 0 Å². The second kappa shape index (κ2) is 14.5. The first-order valence-corrected chi connectivity index (χ1v) is 14.4. The molecule has 0 heterocycles. The third-order valence-electron chi connectivity index (χ3n) is 3.45. The molecule has 2 rings (SSSR count). The third-order valence-corrected chi connectivity index (χ3v) is 10.1. The molecule has 2 unspecified atom stereocenters. The summed E-state index contributed by atoms with van der Waals surface area (Å²) in [6, 6.07) is 21.3. The van der Waals surface area contributed by atoms with Gasteiger partial charge < -0.3 is 0 Å². The monoisotopic (exact) mass is 458 g/mol. The maximum absolute atomic E-state index is 4.72. The number of hydrogen-bond acceptors (Lipinski definition) is 6. The lowest BCUT2D eigenvalue weighted by molar-refractivity contribution is 1.16. The fraction of sp³-hybridized carbons (Fsp3) is 0.400. The van der Waals surface area contributed by atoms with Gasteiger partial charge in [0.2, 0.25) is 0 Å². The van der Waals surface area contributed by atoms with Crippen molar-refractivity contribution in [3.63, 3.8) is 0 Å². The van der Waals surface area contributed by atoms with Crippen molar-refractivity contribution in [2.24, 2.45) is 0 Å². The smallest absolute Gasteiger partial charge is 0.0207 e. The standard InChI is InChI=1S/C20H26S6/c21-19(13-23-11-17-7-3-1-4-8-17)15-25-26-16-20(22)14-24-12-18-9-5-2-6-10-18/h1-10,19-22H,11-16H2. The molecule has 0 fully saturated rings. The first-order valence-electron chi connectivity index (χ1n) is 8.58. The van der Waals surface area contributed by atoms with E-state index in [-0.39, 0.29) is 0 Å². The number of thioether (sulfide) groups is 2. The molecule has 0 saturated carbocycles. The summed E-state index contributed by atoms with van der Waals surface area (Å²) in [6.45, 7) is 0. The van der Waals surface area contributed by atoms with Crippen molar-refractivity contribution >= 4 is 70.4 Å². The molecule has 0 aliphatic rings. The van der Waals surface area contributed by atoms with Gasteiger partial charge in [0, 0.05) is 45.0 Å². The van der Waals surface area contributed by atoms with Gasteiger partial charge in [0.05, 0.1) is 0 Å². The molecular formula is C20H26S6. The van der Waals surface area contributed by atoms with Crippen LogP contribution in [-0.2, 0) is 11.5 Å². The third kappa shape index (κ3) is 10.8. The van der Waals surface area contributed by atoms with E-state index in [1.807, 2.05) is 45.1 Å². The topological polar surface area (TPSA) is 0 Å². The SMILES string of the molecule is SC(CSCc1ccccc1)CSSCC(S)CSCc1ccccc1. The highest BCUT2D eigenvalue weighted by Crippen LogP contribution is 2.28. The molecule has 6 heteroatoms. The van der Waals surface area contributed by atoms with Crippen molar-refractivity contribution in [1.82, 2.24) is 0 Å². The molecule has 0 radical (unpaired) electrons. The minimum atomic E-state index is 0.451. The number of rotatable bonds is 13. The van der Waals surface area contributed by atoms with Gasteiger partial charge in [-0.15, -0.1) is 0 Å². The zero-order chi connectivity index (χ0) is 18.5. The van der Waals surface area contributed by atoms with Crippen LogP contribution in [0.5, 0.6) is 0 Å². The molecule has 0 nitrogen and oxygen atoms in total. The maximum Gasteiger partial charge on any atom is 0.0207 e. The van der Waals surface area contributed by atoms with Gasteiger partial charge in [-0.1, -0.05) is 82.3 Å². The molecule has 0 aliphatic heterocycles. The van der Waals surface area contributed by atoms with Crippen LogP contribution >= 0.6 is 70.4 Å². The molecule has 0 N–H and O–H groups in total. The Kier molecular flexibility index (Phi) is 12.8. The molecule has 0 saturated heterocycles. The minimum Gasteiger partial charge on any atom is -0.174 e. The molecule has 2 aromatic rings. The predicted octanol–water partition coefficient (Wildman–Crippen LogP) is 6.83. The molecule has 0 amide bonds. The number of thiol groups is 2. The molecule has 0 aromatic heterocycles. The molecule has 0 spiro atoms. The van der Waals surface area contributed by atoms with E-state index >= 15 is 0 Å². The highest BCUT2D eigenvalue weighted by molar-refractivity contribution is 8.76. The van der Waals surface area contributed by atoms with Gasteiger partial charge in [-0.3, -0.25) is 0 Å². The first-order chi connectivity index (χ1) is 12.7. The van der Waals surface area contributed by atoms with Gasteiger partial charge in [0.25, 0.3) is 0 Å². The van der Waals surface area contributed by atoms with Gasteiger partial charge in [0.1, 0.15) is 0 Å². The Balaban J connectivity index is 1.44. The Bertz CT molecular complexity index is 524. The Morgan fingerprint density at radius 1 is 0.577 bits per heavy atom. The van der Waals surface area contributed by atoms with Crippen LogP contribution in [0.3, 0.4) is 0 Å². The summed E-state index contributed by atoms with van der Waals surface area (Å²) in [4.78, 5) is 0. The van der Waals surface area contributed by atoms with Crippen molar-refractivity contribution in [2.45, 2.75) is 22.0 Å². The van der Waals surface area contributed by atoms with Crippen molar-refractivity contribution < 1.29 is 0 Å². The van der Waals surface area contributed by atoms with E-state index < -0.39 is 0 Å². The fourth-order valence-electron chi connectivity index (χ4n) is 2.12. The fourth-order valence-corrected chi connectivity index (χ4v) is 8.28. The Morgan fingerprint density at radius 2 is 0.962 bits per heavy atom. The van der Waals surface area contributed by atoms with E-state index in [9.17, 15) is 0 Å². The highest BCUT2D eigenvalue weighted by Gasteiger charge is 2.07. The van der Waals surface area contributed by atoms with Gasteiger partial charge in [-0.2, -0.15) is 48.8 Å². The average Bonchev–Trinajstić information content (AvgIpc) is 2.67. The molecule has 142 valence electrons. The Morgan fingerprint density at radius 3 is 1.35 bits per heavy atom. The minimum absolute atomic E-state index is 0.451. The Hall–Kier alpha value is 0.540. The summed E-state index contributed by atoms with van der Waals surface area (Å²) in [6.07, 6.45) is 0. The number of hydrogen-bond donors (Lipinski definition) is 2. The molecule has 2 atom stereocenters. The van der Waals surface area contributed by atoms with Crippen LogP contribution in [0.2, 0.25) is 0 Å².